The number of hydrogen-bond donors (Lipinski definition) is 3. The summed E-state index contributed by atoms with van der Waals surface area (Å²) in [5.74, 6) is 0.144. The van der Waals surface area contributed by atoms with Gasteiger partial charge in [0.05, 0.1) is 13.7 Å². The summed E-state index contributed by atoms with van der Waals surface area (Å²) in [6, 6.07) is 0. The fourth-order valence-electron chi connectivity index (χ4n) is 0.604. The molecular formula is C4H8N6O4S. The summed E-state index contributed by atoms with van der Waals surface area (Å²) in [6.07, 6.45) is -1.09. The van der Waals surface area contributed by atoms with Crippen LogP contribution >= 0.6 is 0 Å². The van der Waals surface area contributed by atoms with E-state index in [1.807, 2.05) is 4.72 Å². The number of hydrogen-bond acceptors (Lipinski definition) is 7. The molecule has 0 aliphatic heterocycles. The Kier molecular flexibility index (Phi) is 3.51. The van der Waals surface area contributed by atoms with Crippen LogP contribution in [0.4, 0.5) is 4.79 Å². The van der Waals surface area contributed by atoms with Crippen molar-refractivity contribution in [3.63, 3.8) is 0 Å². The van der Waals surface area contributed by atoms with Crippen molar-refractivity contribution < 1.29 is 17.9 Å². The van der Waals surface area contributed by atoms with E-state index in [-0.39, 0.29) is 12.4 Å². The Labute approximate surface area is 84.6 Å². The van der Waals surface area contributed by atoms with Gasteiger partial charge in [-0.1, -0.05) is 5.21 Å². The van der Waals surface area contributed by atoms with Gasteiger partial charge >= 0.3 is 16.3 Å². The third kappa shape index (κ3) is 3.86. The van der Waals surface area contributed by atoms with Crippen molar-refractivity contribution in [3.05, 3.63) is 5.82 Å². The second-order valence-corrected chi connectivity index (χ2v) is 3.75. The lowest BCUT2D eigenvalue weighted by atomic mass is 10.7. The average molecular weight is 236 g/mol. The molecule has 15 heavy (non-hydrogen) atoms. The Hall–Kier alpha value is -1.75. The second-order valence-electron chi connectivity index (χ2n) is 2.25. The Morgan fingerprint density at radius 1 is 1.60 bits per heavy atom. The fraction of sp³-hybridized carbons (Fsp3) is 0.500. The molecule has 0 unspecified atom stereocenters. The standard InChI is InChI=1S/C4H8N6O4S/c1-14-4(11)8-15(12,13)5-2-3-6-9-10-7-3/h5H,2H2,1H3,(H,8,11)(H,6,7,9,10). The molecule has 1 rings (SSSR count). The second kappa shape index (κ2) is 4.65. The molecule has 3 N–H and O–H groups in total. The number of carbonyl (C=O) groups is 1. The molecule has 1 aromatic rings. The fourth-order valence-corrected chi connectivity index (χ4v) is 1.30. The van der Waals surface area contributed by atoms with Gasteiger partial charge in [-0.25, -0.2) is 9.52 Å². The van der Waals surface area contributed by atoms with Gasteiger partial charge in [0.15, 0.2) is 5.82 Å². The van der Waals surface area contributed by atoms with E-state index in [1.54, 1.807) is 4.72 Å². The summed E-state index contributed by atoms with van der Waals surface area (Å²) in [5, 5.41) is 12.4. The minimum absolute atomic E-state index is 0.144. The monoisotopic (exact) mass is 236 g/mol. The predicted molar refractivity (Wildman–Crippen MR) is 45.5 cm³/mol. The van der Waals surface area contributed by atoms with Crippen molar-refractivity contribution in [2.24, 2.45) is 0 Å². The van der Waals surface area contributed by atoms with Crippen molar-refractivity contribution in [1.82, 2.24) is 30.1 Å². The first-order valence-electron chi connectivity index (χ1n) is 3.61. The zero-order valence-electron chi connectivity index (χ0n) is 7.59. The van der Waals surface area contributed by atoms with E-state index in [2.05, 4.69) is 25.4 Å². The molecule has 0 saturated heterocycles. The van der Waals surface area contributed by atoms with Gasteiger partial charge in [0.2, 0.25) is 0 Å². The first-order chi connectivity index (χ1) is 7.03. The van der Waals surface area contributed by atoms with Crippen molar-refractivity contribution in [2.75, 3.05) is 7.11 Å². The quantitative estimate of drug-likeness (QED) is 0.543. The van der Waals surface area contributed by atoms with Gasteiger partial charge in [-0.15, -0.1) is 10.2 Å². The van der Waals surface area contributed by atoms with Crippen LogP contribution in [0.15, 0.2) is 0 Å². The third-order valence-electron chi connectivity index (χ3n) is 1.21. The normalized spacial score (nSPS) is 11.0. The Morgan fingerprint density at radius 3 is 2.87 bits per heavy atom. The van der Waals surface area contributed by atoms with Crippen molar-refractivity contribution in [3.8, 4) is 0 Å². The first kappa shape index (κ1) is 11.3. The molecule has 84 valence electrons. The number of tetrazole rings is 1. The van der Waals surface area contributed by atoms with E-state index in [0.717, 1.165) is 7.11 Å². The highest BCUT2D eigenvalue weighted by Gasteiger charge is 2.14. The van der Waals surface area contributed by atoms with E-state index >= 15 is 0 Å². The highest BCUT2D eigenvalue weighted by Crippen LogP contribution is 1.85. The summed E-state index contributed by atoms with van der Waals surface area (Å²) >= 11 is 0. The number of aromatic nitrogens is 4. The number of carbonyl (C=O) groups excluding carboxylic acids is 1. The van der Waals surface area contributed by atoms with Crippen molar-refractivity contribution >= 4 is 16.3 Å². The molecule has 0 aromatic carbocycles. The maximum absolute atomic E-state index is 11.1. The summed E-state index contributed by atoms with van der Waals surface area (Å²) in [7, 11) is -2.92. The van der Waals surface area contributed by atoms with Gasteiger partial charge in [-0.2, -0.15) is 18.4 Å². The molecule has 1 heterocycles. The van der Waals surface area contributed by atoms with E-state index < -0.39 is 16.3 Å². The minimum atomic E-state index is -3.97. The number of H-pyrrole nitrogens is 1. The van der Waals surface area contributed by atoms with Crippen LogP contribution in [0.5, 0.6) is 0 Å². The number of ether oxygens (including phenoxy) is 1. The molecule has 0 atom stereocenters. The van der Waals surface area contributed by atoms with Crippen LogP contribution in [0.25, 0.3) is 0 Å². The largest absolute Gasteiger partial charge is 0.452 e. The van der Waals surface area contributed by atoms with E-state index in [9.17, 15) is 13.2 Å². The zero-order chi connectivity index (χ0) is 11.3. The molecule has 0 spiro atoms. The van der Waals surface area contributed by atoms with Crippen LogP contribution in [0.2, 0.25) is 0 Å². The lowest BCUT2D eigenvalue weighted by molar-refractivity contribution is 0.177. The molecule has 0 saturated carbocycles. The molecular weight excluding hydrogens is 228 g/mol. The number of methoxy groups -OCH3 is 1. The van der Waals surface area contributed by atoms with Gasteiger partial charge < -0.3 is 4.74 Å². The van der Waals surface area contributed by atoms with E-state index in [0.29, 0.717) is 0 Å². The number of aromatic amines is 1. The number of nitrogens with one attached hydrogen (secondary N) is 3. The molecule has 11 heteroatoms. The third-order valence-corrected chi connectivity index (χ3v) is 2.17. The van der Waals surface area contributed by atoms with Crippen LogP contribution in [0.1, 0.15) is 5.82 Å². The molecule has 0 bridgehead atoms. The Bertz CT molecular complexity index is 412. The van der Waals surface area contributed by atoms with Gasteiger partial charge in [0.25, 0.3) is 0 Å². The van der Waals surface area contributed by atoms with Gasteiger partial charge in [0.1, 0.15) is 0 Å². The number of amides is 1. The maximum Gasteiger partial charge on any atom is 0.421 e. The van der Waals surface area contributed by atoms with Crippen LogP contribution in [0.3, 0.4) is 0 Å². The minimum Gasteiger partial charge on any atom is -0.452 e. The summed E-state index contributed by atoms with van der Waals surface area (Å²) in [6.45, 7) is -0.192. The molecule has 1 aromatic heterocycles. The number of rotatable bonds is 4. The SMILES string of the molecule is COC(=O)NS(=O)(=O)NCc1nn[nH]n1. The lowest BCUT2D eigenvalue weighted by Gasteiger charge is -2.04. The Morgan fingerprint density at radius 2 is 2.33 bits per heavy atom. The maximum atomic E-state index is 11.1. The van der Waals surface area contributed by atoms with Crippen LogP contribution in [0, 0.1) is 0 Å². The predicted octanol–water partition coefficient (Wildman–Crippen LogP) is -2.11. The van der Waals surface area contributed by atoms with Crippen LogP contribution in [-0.4, -0.2) is 42.2 Å². The highest BCUT2D eigenvalue weighted by atomic mass is 32.2. The highest BCUT2D eigenvalue weighted by molar-refractivity contribution is 7.88. The van der Waals surface area contributed by atoms with E-state index in [4.69, 9.17) is 0 Å². The van der Waals surface area contributed by atoms with Crippen LogP contribution in [-0.2, 0) is 21.5 Å². The summed E-state index contributed by atoms with van der Waals surface area (Å²) in [4.78, 5) is 10.6. The van der Waals surface area contributed by atoms with Gasteiger partial charge in [-0.05, 0) is 0 Å². The molecule has 0 radical (unpaired) electrons. The summed E-state index contributed by atoms with van der Waals surface area (Å²) in [5.41, 5.74) is 0. The zero-order valence-corrected chi connectivity index (χ0v) is 8.41. The molecule has 10 nitrogen and oxygen atoms in total. The van der Waals surface area contributed by atoms with Crippen LogP contribution < -0.4 is 9.44 Å². The number of nitrogens with zero attached hydrogens (tertiary/aromatic N) is 3. The smallest absolute Gasteiger partial charge is 0.421 e. The van der Waals surface area contributed by atoms with Gasteiger partial charge in [0, 0.05) is 0 Å². The first-order valence-corrected chi connectivity index (χ1v) is 5.09. The summed E-state index contributed by atoms with van der Waals surface area (Å²) < 4.78 is 29.9. The van der Waals surface area contributed by atoms with Gasteiger partial charge in [-0.3, -0.25) is 0 Å². The average Bonchev–Trinajstić information content (AvgIpc) is 2.66. The molecule has 1 amide bonds. The topological polar surface area (TPSA) is 139 Å². The van der Waals surface area contributed by atoms with Crippen molar-refractivity contribution in [2.45, 2.75) is 6.54 Å². The molecule has 0 aliphatic carbocycles. The lowest BCUT2D eigenvalue weighted by Crippen LogP contribution is -2.39. The molecule has 0 fully saturated rings. The van der Waals surface area contributed by atoms with Crippen molar-refractivity contribution in [1.29, 1.82) is 0 Å². The Balaban J connectivity index is 2.47. The molecule has 0 aliphatic rings. The van der Waals surface area contributed by atoms with E-state index in [1.165, 1.54) is 0 Å².